The number of hydrogen-bond acceptors (Lipinski definition) is 3. The zero-order chi connectivity index (χ0) is 38.7. The summed E-state index contributed by atoms with van der Waals surface area (Å²) in [4.78, 5) is 0. The summed E-state index contributed by atoms with van der Waals surface area (Å²) < 4.78 is 183. The third-order valence-electron chi connectivity index (χ3n) is 8.92. The van der Waals surface area contributed by atoms with E-state index in [2.05, 4.69) is 16.4 Å². The molecule has 0 unspecified atom stereocenters. The standard InChI is InChI=1S/C38H30F12O3/c1-2-3-4-20-5-7-21(8-6-20)22-9-11-24(12-10-22)37(47,48)52-25-13-14-27(28(39)17-25)23-15-29(40)33(30(41)16-23)38(49,50)53-26-18-31(42)34(32(43)19-26)51-36(46)35(44)45/h9-21H,2-8H2,1H3. The monoisotopic (exact) mass is 762 g/mol. The zero-order valence-electron chi connectivity index (χ0n) is 27.7. The fourth-order valence-electron chi connectivity index (χ4n) is 6.25. The highest BCUT2D eigenvalue weighted by molar-refractivity contribution is 5.66. The Balaban J connectivity index is 1.28. The molecule has 0 N–H and O–H groups in total. The minimum atomic E-state index is -4.99. The summed E-state index contributed by atoms with van der Waals surface area (Å²) in [5, 5.41) is 0. The van der Waals surface area contributed by atoms with Crippen LogP contribution in [0.15, 0.2) is 78.8 Å². The second-order valence-corrected chi connectivity index (χ2v) is 12.5. The number of hydrogen-bond donors (Lipinski definition) is 0. The van der Waals surface area contributed by atoms with Gasteiger partial charge in [0.05, 0.1) is 5.56 Å². The van der Waals surface area contributed by atoms with Gasteiger partial charge >= 0.3 is 24.3 Å². The van der Waals surface area contributed by atoms with E-state index >= 15 is 13.2 Å². The fraction of sp³-hybridized carbons (Fsp3) is 0.316. The van der Waals surface area contributed by atoms with E-state index in [1.165, 1.54) is 25.0 Å². The van der Waals surface area contributed by atoms with Crippen molar-refractivity contribution in [1.82, 2.24) is 0 Å². The van der Waals surface area contributed by atoms with Crippen molar-refractivity contribution < 1.29 is 66.9 Å². The minimum Gasteiger partial charge on any atom is -0.429 e. The van der Waals surface area contributed by atoms with E-state index in [1.807, 2.05) is 0 Å². The Hall–Kier alpha value is -4.82. The predicted octanol–water partition coefficient (Wildman–Crippen LogP) is 13.2. The van der Waals surface area contributed by atoms with Crippen molar-refractivity contribution in [1.29, 1.82) is 0 Å². The molecule has 0 amide bonds. The van der Waals surface area contributed by atoms with Gasteiger partial charge in [-0.2, -0.15) is 30.7 Å². The van der Waals surface area contributed by atoms with Crippen molar-refractivity contribution in [3.05, 3.63) is 125 Å². The van der Waals surface area contributed by atoms with Crippen molar-refractivity contribution in [3.8, 4) is 28.4 Å². The third-order valence-corrected chi connectivity index (χ3v) is 8.92. The molecule has 1 aliphatic carbocycles. The quantitative estimate of drug-likeness (QED) is 0.100. The van der Waals surface area contributed by atoms with Crippen molar-refractivity contribution in [2.24, 2.45) is 5.92 Å². The van der Waals surface area contributed by atoms with Crippen LogP contribution in [0.5, 0.6) is 17.2 Å². The molecule has 0 spiro atoms. The summed E-state index contributed by atoms with van der Waals surface area (Å²) in [6, 6.07) is 5.60. The van der Waals surface area contributed by atoms with Crippen LogP contribution < -0.4 is 14.2 Å². The van der Waals surface area contributed by atoms with Crippen molar-refractivity contribution in [2.45, 2.75) is 70.0 Å². The fourth-order valence-corrected chi connectivity index (χ4v) is 6.25. The Morgan fingerprint density at radius 3 is 1.77 bits per heavy atom. The highest BCUT2D eigenvalue weighted by Crippen LogP contribution is 2.42. The van der Waals surface area contributed by atoms with Gasteiger partial charge in [-0.25, -0.2) is 22.0 Å². The molecule has 15 heteroatoms. The second kappa shape index (κ2) is 16.0. The summed E-state index contributed by atoms with van der Waals surface area (Å²) in [6.45, 7) is 2.15. The minimum absolute atomic E-state index is 0.0576. The average Bonchev–Trinajstić information content (AvgIpc) is 3.08. The average molecular weight is 763 g/mol. The number of rotatable bonds is 13. The third kappa shape index (κ3) is 9.22. The van der Waals surface area contributed by atoms with E-state index in [-0.39, 0.29) is 30.2 Å². The lowest BCUT2D eigenvalue weighted by molar-refractivity contribution is -0.189. The molecule has 0 heterocycles. The van der Waals surface area contributed by atoms with Crippen molar-refractivity contribution >= 4 is 0 Å². The molecule has 53 heavy (non-hydrogen) atoms. The van der Waals surface area contributed by atoms with Crippen LogP contribution in [0.4, 0.5) is 52.7 Å². The molecule has 3 nitrogen and oxygen atoms in total. The van der Waals surface area contributed by atoms with E-state index in [9.17, 15) is 39.5 Å². The van der Waals surface area contributed by atoms with Crippen molar-refractivity contribution in [3.63, 3.8) is 0 Å². The molecule has 1 fully saturated rings. The van der Waals surface area contributed by atoms with Gasteiger partial charge in [-0.1, -0.05) is 38.3 Å². The number of ether oxygens (including phenoxy) is 3. The van der Waals surface area contributed by atoms with Crippen LogP contribution in [0.1, 0.15) is 74.5 Å². The number of alkyl halides is 4. The summed E-state index contributed by atoms with van der Waals surface area (Å²) in [7, 11) is 0. The first-order valence-electron chi connectivity index (χ1n) is 16.4. The van der Waals surface area contributed by atoms with Gasteiger partial charge < -0.3 is 14.2 Å². The van der Waals surface area contributed by atoms with Gasteiger partial charge in [0.25, 0.3) is 0 Å². The van der Waals surface area contributed by atoms with Crippen LogP contribution in [0, 0.1) is 35.0 Å². The Kier molecular flexibility index (Phi) is 11.9. The Labute approximate surface area is 295 Å². The maximum atomic E-state index is 15.1. The van der Waals surface area contributed by atoms with E-state index in [0.29, 0.717) is 12.0 Å². The lowest BCUT2D eigenvalue weighted by Gasteiger charge is -2.29. The molecule has 0 aliphatic heterocycles. The maximum absolute atomic E-state index is 15.1. The molecule has 1 saturated carbocycles. The van der Waals surface area contributed by atoms with Crippen molar-refractivity contribution in [2.75, 3.05) is 0 Å². The number of unbranched alkanes of at least 4 members (excludes halogenated alkanes) is 1. The van der Waals surface area contributed by atoms with E-state index < -0.39 is 92.9 Å². The molecule has 0 atom stereocenters. The van der Waals surface area contributed by atoms with Gasteiger partial charge in [-0.3, -0.25) is 0 Å². The Bertz CT molecular complexity index is 1900. The predicted molar refractivity (Wildman–Crippen MR) is 169 cm³/mol. The summed E-state index contributed by atoms with van der Waals surface area (Å²) in [6.07, 6.45) is -4.40. The largest absolute Gasteiger partial charge is 0.432 e. The van der Waals surface area contributed by atoms with Crippen LogP contribution >= 0.6 is 0 Å². The van der Waals surface area contributed by atoms with Crippen LogP contribution in [0.2, 0.25) is 0 Å². The highest BCUT2D eigenvalue weighted by atomic mass is 19.3. The molecular formula is C38H30F12O3. The molecule has 0 aromatic heterocycles. The number of halogens is 12. The Morgan fingerprint density at radius 2 is 1.23 bits per heavy atom. The zero-order valence-corrected chi connectivity index (χ0v) is 27.7. The van der Waals surface area contributed by atoms with E-state index in [4.69, 9.17) is 4.74 Å². The first-order valence-corrected chi connectivity index (χ1v) is 16.4. The van der Waals surface area contributed by atoms with Gasteiger partial charge in [-0.05, 0) is 85.0 Å². The number of benzene rings is 4. The van der Waals surface area contributed by atoms with E-state index in [0.717, 1.165) is 49.8 Å². The van der Waals surface area contributed by atoms with Gasteiger partial charge in [0, 0.05) is 23.8 Å². The lowest BCUT2D eigenvalue weighted by atomic mass is 9.77. The molecule has 0 saturated heterocycles. The summed E-state index contributed by atoms with van der Waals surface area (Å²) in [5.41, 5.74) is -2.91. The summed E-state index contributed by atoms with van der Waals surface area (Å²) >= 11 is 0. The molecule has 284 valence electrons. The Morgan fingerprint density at radius 1 is 0.660 bits per heavy atom. The highest BCUT2D eigenvalue weighted by Gasteiger charge is 2.42. The van der Waals surface area contributed by atoms with Crippen LogP contribution in [-0.4, -0.2) is 0 Å². The maximum Gasteiger partial charge on any atom is 0.432 e. The topological polar surface area (TPSA) is 27.7 Å². The molecule has 1 aliphatic rings. The molecule has 0 bridgehead atoms. The van der Waals surface area contributed by atoms with E-state index in [1.54, 1.807) is 12.1 Å². The van der Waals surface area contributed by atoms with Gasteiger partial charge in [0.15, 0.2) is 11.6 Å². The van der Waals surface area contributed by atoms with Gasteiger partial charge in [0.2, 0.25) is 5.75 Å². The second-order valence-electron chi connectivity index (χ2n) is 12.5. The molecule has 5 rings (SSSR count). The normalized spacial score (nSPS) is 16.3. The summed E-state index contributed by atoms with van der Waals surface area (Å²) in [5.74, 6) is -12.2. The molecule has 0 radical (unpaired) electrons. The van der Waals surface area contributed by atoms with Crippen LogP contribution in [0.3, 0.4) is 0 Å². The van der Waals surface area contributed by atoms with Crippen LogP contribution in [-0.2, 0) is 12.2 Å². The smallest absolute Gasteiger partial charge is 0.429 e. The van der Waals surface area contributed by atoms with Crippen LogP contribution in [0.25, 0.3) is 11.1 Å². The molecule has 4 aromatic carbocycles. The molecular weight excluding hydrogens is 732 g/mol. The SMILES string of the molecule is CCCCC1CCC(c2ccc(C(F)(F)Oc3ccc(-c4cc(F)c(C(F)(F)Oc5cc(F)c(OC(F)=C(F)F)c(F)c5)c(F)c4)c(F)c3)cc2)CC1. The first kappa shape index (κ1) is 39.4. The lowest BCUT2D eigenvalue weighted by Crippen LogP contribution is -2.25. The van der Waals surface area contributed by atoms with Gasteiger partial charge in [0.1, 0.15) is 34.5 Å². The molecule has 4 aromatic rings. The first-order chi connectivity index (χ1) is 25.0. The van der Waals surface area contributed by atoms with Gasteiger partial charge in [-0.15, -0.1) is 0 Å².